The average Bonchev–Trinajstić information content (AvgIpc) is 2.94. The van der Waals surface area contributed by atoms with Crippen LogP contribution in [0.4, 0.5) is 10.5 Å². The molecule has 2 amide bonds. The number of carbonyl (C=O) groups excluding carboxylic acids is 1. The third kappa shape index (κ3) is 6.56. The molecule has 0 saturated carbocycles. The Hall–Kier alpha value is -1.77. The average molecular weight is 402 g/mol. The van der Waals surface area contributed by atoms with Crippen LogP contribution in [0.5, 0.6) is 0 Å². The van der Waals surface area contributed by atoms with Crippen molar-refractivity contribution < 1.29 is 13.2 Å². The van der Waals surface area contributed by atoms with Crippen LogP contribution in [0.1, 0.15) is 17.4 Å². The second-order valence-corrected chi connectivity index (χ2v) is 9.00. The molecule has 0 fully saturated rings. The highest BCUT2D eigenvalue weighted by molar-refractivity contribution is 7.92. The Morgan fingerprint density at radius 1 is 1.28 bits per heavy atom. The lowest BCUT2D eigenvalue weighted by Crippen LogP contribution is -2.38. The van der Waals surface area contributed by atoms with E-state index in [2.05, 4.69) is 10.0 Å². The van der Waals surface area contributed by atoms with E-state index in [9.17, 15) is 13.2 Å². The van der Waals surface area contributed by atoms with E-state index in [0.717, 1.165) is 16.7 Å². The number of amides is 2. The van der Waals surface area contributed by atoms with Gasteiger partial charge in [0.2, 0.25) is 10.0 Å². The van der Waals surface area contributed by atoms with Crippen molar-refractivity contribution in [3.63, 3.8) is 0 Å². The maximum Gasteiger partial charge on any atom is 0.317 e. The zero-order valence-electron chi connectivity index (χ0n) is 14.0. The SMILES string of the molecule is CCN(Cc1ccc(Cl)s1)C(=O)NCc1cccc(NS(C)(=O)=O)c1. The van der Waals surface area contributed by atoms with Gasteiger partial charge in [-0.2, -0.15) is 0 Å². The molecule has 9 heteroatoms. The molecule has 0 aliphatic heterocycles. The molecular weight excluding hydrogens is 382 g/mol. The first-order valence-electron chi connectivity index (χ1n) is 7.60. The summed E-state index contributed by atoms with van der Waals surface area (Å²) in [5.41, 5.74) is 1.27. The topological polar surface area (TPSA) is 78.5 Å². The predicted octanol–water partition coefficient (Wildman–Crippen LogP) is 3.50. The van der Waals surface area contributed by atoms with Gasteiger partial charge in [0.1, 0.15) is 0 Å². The van der Waals surface area contributed by atoms with Crippen molar-refractivity contribution in [3.8, 4) is 0 Å². The molecule has 25 heavy (non-hydrogen) atoms. The molecule has 0 radical (unpaired) electrons. The highest BCUT2D eigenvalue weighted by Crippen LogP contribution is 2.22. The fraction of sp³-hybridized carbons (Fsp3) is 0.312. The maximum atomic E-state index is 12.3. The van der Waals surface area contributed by atoms with Crippen LogP contribution < -0.4 is 10.0 Å². The number of rotatable bonds is 7. The van der Waals surface area contributed by atoms with Crippen LogP contribution in [-0.2, 0) is 23.1 Å². The highest BCUT2D eigenvalue weighted by Gasteiger charge is 2.13. The van der Waals surface area contributed by atoms with E-state index < -0.39 is 10.0 Å². The van der Waals surface area contributed by atoms with Crippen molar-refractivity contribution in [1.29, 1.82) is 0 Å². The van der Waals surface area contributed by atoms with Crippen molar-refractivity contribution in [2.24, 2.45) is 0 Å². The summed E-state index contributed by atoms with van der Waals surface area (Å²) in [6.07, 6.45) is 1.09. The number of urea groups is 1. The van der Waals surface area contributed by atoms with E-state index in [4.69, 9.17) is 11.6 Å². The maximum absolute atomic E-state index is 12.3. The molecule has 0 aliphatic carbocycles. The molecule has 2 rings (SSSR count). The Bertz CT molecular complexity index is 837. The Morgan fingerprint density at radius 2 is 2.04 bits per heavy atom. The lowest BCUT2D eigenvalue weighted by Gasteiger charge is -2.20. The summed E-state index contributed by atoms with van der Waals surface area (Å²) in [5, 5.41) is 2.85. The van der Waals surface area contributed by atoms with Crippen LogP contribution in [0.25, 0.3) is 0 Å². The second-order valence-electron chi connectivity index (χ2n) is 5.45. The molecule has 136 valence electrons. The Balaban J connectivity index is 1.95. The van der Waals surface area contributed by atoms with E-state index in [0.29, 0.717) is 29.7 Å². The Morgan fingerprint density at radius 3 is 2.64 bits per heavy atom. The fourth-order valence-corrected chi connectivity index (χ4v) is 3.86. The number of halogens is 1. The minimum Gasteiger partial charge on any atom is -0.334 e. The lowest BCUT2D eigenvalue weighted by atomic mass is 10.2. The first kappa shape index (κ1) is 19.6. The lowest BCUT2D eigenvalue weighted by molar-refractivity contribution is 0.198. The number of sulfonamides is 1. The number of carbonyl (C=O) groups is 1. The summed E-state index contributed by atoms with van der Waals surface area (Å²) in [5.74, 6) is 0. The minimum atomic E-state index is -3.33. The quantitative estimate of drug-likeness (QED) is 0.745. The van der Waals surface area contributed by atoms with Crippen LogP contribution in [0.3, 0.4) is 0 Å². The summed E-state index contributed by atoms with van der Waals surface area (Å²) in [6.45, 7) is 3.28. The van der Waals surface area contributed by atoms with Crippen molar-refractivity contribution in [2.45, 2.75) is 20.0 Å². The van der Waals surface area contributed by atoms with Crippen molar-refractivity contribution in [2.75, 3.05) is 17.5 Å². The zero-order chi connectivity index (χ0) is 18.4. The largest absolute Gasteiger partial charge is 0.334 e. The smallest absolute Gasteiger partial charge is 0.317 e. The number of thiophene rings is 1. The molecule has 0 saturated heterocycles. The Kier molecular flexibility index (Phi) is 6.69. The van der Waals surface area contributed by atoms with Gasteiger partial charge in [0.05, 0.1) is 17.1 Å². The van der Waals surface area contributed by atoms with Gasteiger partial charge in [-0.25, -0.2) is 13.2 Å². The summed E-state index contributed by atoms with van der Waals surface area (Å²) < 4.78 is 25.7. The van der Waals surface area contributed by atoms with E-state index >= 15 is 0 Å². The van der Waals surface area contributed by atoms with Crippen molar-refractivity contribution >= 4 is 44.7 Å². The Labute approximate surface area is 156 Å². The molecule has 6 nitrogen and oxygen atoms in total. The van der Waals surface area contributed by atoms with E-state index in [1.807, 2.05) is 25.1 Å². The molecule has 2 N–H and O–H groups in total. The van der Waals surface area contributed by atoms with Gasteiger partial charge in [-0.05, 0) is 36.8 Å². The molecule has 0 unspecified atom stereocenters. The van der Waals surface area contributed by atoms with Crippen molar-refractivity contribution in [3.05, 3.63) is 51.2 Å². The number of anilines is 1. The fourth-order valence-electron chi connectivity index (χ4n) is 2.20. The van der Waals surface area contributed by atoms with Crippen LogP contribution in [0.2, 0.25) is 4.34 Å². The van der Waals surface area contributed by atoms with Gasteiger partial charge in [-0.1, -0.05) is 23.7 Å². The van der Waals surface area contributed by atoms with E-state index in [-0.39, 0.29) is 6.03 Å². The van der Waals surface area contributed by atoms with E-state index in [1.165, 1.54) is 11.3 Å². The highest BCUT2D eigenvalue weighted by atomic mass is 35.5. The molecule has 1 heterocycles. The van der Waals surface area contributed by atoms with Crippen LogP contribution >= 0.6 is 22.9 Å². The molecule has 0 atom stereocenters. The summed E-state index contributed by atoms with van der Waals surface area (Å²) in [4.78, 5) is 15.0. The number of hydrogen-bond acceptors (Lipinski definition) is 4. The standard InChI is InChI=1S/C16H20ClN3O3S2/c1-3-20(11-14-7-8-15(17)24-14)16(21)18-10-12-5-4-6-13(9-12)19-25(2,22)23/h4-9,19H,3,10-11H2,1-2H3,(H,18,21). The van der Waals surface area contributed by atoms with Gasteiger partial charge in [-0.3, -0.25) is 4.72 Å². The molecule has 1 aromatic heterocycles. The van der Waals surface area contributed by atoms with Gasteiger partial charge >= 0.3 is 6.03 Å². The van der Waals surface area contributed by atoms with Gasteiger partial charge in [0, 0.05) is 23.7 Å². The summed E-state index contributed by atoms with van der Waals surface area (Å²) >= 11 is 7.37. The van der Waals surface area contributed by atoms with Gasteiger partial charge < -0.3 is 10.2 Å². The first-order chi connectivity index (χ1) is 11.8. The molecule has 0 spiro atoms. The van der Waals surface area contributed by atoms with E-state index in [1.54, 1.807) is 23.1 Å². The predicted molar refractivity (Wildman–Crippen MR) is 103 cm³/mol. The third-order valence-corrected chi connectivity index (χ3v) is 5.14. The number of benzene rings is 1. The zero-order valence-corrected chi connectivity index (χ0v) is 16.3. The van der Waals surface area contributed by atoms with Crippen LogP contribution in [0, 0.1) is 0 Å². The van der Waals surface area contributed by atoms with Gasteiger partial charge in [0.15, 0.2) is 0 Å². The molecular formula is C16H20ClN3O3S2. The van der Waals surface area contributed by atoms with Gasteiger partial charge in [-0.15, -0.1) is 11.3 Å². The number of nitrogens with one attached hydrogen (secondary N) is 2. The second kappa shape index (κ2) is 8.55. The molecule has 1 aromatic carbocycles. The number of nitrogens with zero attached hydrogens (tertiary/aromatic N) is 1. The number of hydrogen-bond donors (Lipinski definition) is 2. The molecule has 2 aromatic rings. The third-order valence-electron chi connectivity index (χ3n) is 3.32. The summed E-state index contributed by atoms with van der Waals surface area (Å²) in [6, 6.07) is 10.4. The monoisotopic (exact) mass is 401 g/mol. The van der Waals surface area contributed by atoms with Crippen LogP contribution in [-0.4, -0.2) is 32.1 Å². The first-order valence-corrected chi connectivity index (χ1v) is 10.7. The van der Waals surface area contributed by atoms with Crippen molar-refractivity contribution in [1.82, 2.24) is 10.2 Å². The summed E-state index contributed by atoms with van der Waals surface area (Å²) in [7, 11) is -3.33. The van der Waals surface area contributed by atoms with Crippen LogP contribution in [0.15, 0.2) is 36.4 Å². The minimum absolute atomic E-state index is 0.187. The molecule has 0 bridgehead atoms. The molecule has 0 aliphatic rings. The normalized spacial score (nSPS) is 11.2. The van der Waals surface area contributed by atoms with Gasteiger partial charge in [0.25, 0.3) is 0 Å².